The minimum atomic E-state index is 0.235. The Morgan fingerprint density at radius 1 is 0.872 bits per heavy atom. The number of hydrogen-bond acceptors (Lipinski definition) is 4. The van der Waals surface area contributed by atoms with Crippen LogP contribution in [-0.2, 0) is 6.61 Å². The Balaban J connectivity index is 1.52. The Bertz CT molecular complexity index is 1700. The number of benzene rings is 4. The van der Waals surface area contributed by atoms with Crippen molar-refractivity contribution in [3.63, 3.8) is 0 Å². The van der Waals surface area contributed by atoms with E-state index in [-0.39, 0.29) is 12.5 Å². The summed E-state index contributed by atoms with van der Waals surface area (Å²) in [6.45, 7) is 4.32. The zero-order valence-corrected chi connectivity index (χ0v) is 22.9. The van der Waals surface area contributed by atoms with Crippen LogP contribution >= 0.6 is 23.2 Å². The van der Waals surface area contributed by atoms with Gasteiger partial charge in [0, 0.05) is 38.5 Å². The standard InChI is InChI=1S/C33H24Cl2N2O2/c1-21-7-11-23(12-8-21)31-28(18-36)33(39-32(31)24-13-9-22(2)10-14-24)37-19-25-5-3-4-6-30(25)38-20-26-15-16-27(34)17-29(26)35/h3-17,19H,20H2,1-2H3. The number of rotatable bonds is 7. The summed E-state index contributed by atoms with van der Waals surface area (Å²) in [5.74, 6) is 1.46. The van der Waals surface area contributed by atoms with E-state index < -0.39 is 0 Å². The van der Waals surface area contributed by atoms with Crippen LogP contribution < -0.4 is 4.74 Å². The summed E-state index contributed by atoms with van der Waals surface area (Å²) < 4.78 is 12.3. The Kier molecular flexibility index (Phi) is 7.84. The first-order valence-electron chi connectivity index (χ1n) is 12.3. The van der Waals surface area contributed by atoms with Crippen LogP contribution in [-0.4, -0.2) is 6.21 Å². The van der Waals surface area contributed by atoms with Crippen molar-refractivity contribution in [2.24, 2.45) is 4.99 Å². The van der Waals surface area contributed by atoms with Gasteiger partial charge in [0.25, 0.3) is 0 Å². The number of hydrogen-bond donors (Lipinski definition) is 0. The third-order valence-electron chi connectivity index (χ3n) is 6.29. The fraction of sp³-hybridized carbons (Fsp3) is 0.0909. The highest BCUT2D eigenvalue weighted by Gasteiger charge is 2.23. The van der Waals surface area contributed by atoms with E-state index in [2.05, 4.69) is 11.1 Å². The Labute approximate surface area is 237 Å². The van der Waals surface area contributed by atoms with Crippen molar-refractivity contribution < 1.29 is 9.15 Å². The average molecular weight is 551 g/mol. The summed E-state index contributed by atoms with van der Waals surface area (Å²) in [6, 6.07) is 31.2. The van der Waals surface area contributed by atoms with E-state index in [0.717, 1.165) is 38.9 Å². The van der Waals surface area contributed by atoms with Gasteiger partial charge >= 0.3 is 0 Å². The van der Waals surface area contributed by atoms with Crippen LogP contribution in [0.1, 0.15) is 27.8 Å². The second-order valence-corrected chi connectivity index (χ2v) is 9.99. The zero-order valence-electron chi connectivity index (χ0n) is 21.4. The van der Waals surface area contributed by atoms with Crippen LogP contribution in [0.25, 0.3) is 22.5 Å². The molecule has 0 aliphatic rings. The predicted molar refractivity (Wildman–Crippen MR) is 158 cm³/mol. The Morgan fingerprint density at radius 3 is 2.21 bits per heavy atom. The number of nitriles is 1. The summed E-state index contributed by atoms with van der Waals surface area (Å²) in [5.41, 5.74) is 6.67. The molecule has 0 aliphatic carbocycles. The highest BCUT2D eigenvalue weighted by atomic mass is 35.5. The lowest BCUT2D eigenvalue weighted by atomic mass is 9.97. The maximum absolute atomic E-state index is 10.2. The number of aryl methyl sites for hydroxylation is 2. The molecule has 1 heterocycles. The number of aliphatic imine (C=N–C) groups is 1. The molecule has 39 heavy (non-hydrogen) atoms. The second kappa shape index (κ2) is 11.6. The number of ether oxygens (including phenoxy) is 1. The molecule has 0 bridgehead atoms. The van der Waals surface area contributed by atoms with E-state index in [9.17, 15) is 5.26 Å². The topological polar surface area (TPSA) is 58.5 Å². The first-order chi connectivity index (χ1) is 18.9. The van der Waals surface area contributed by atoms with Crippen molar-refractivity contribution in [1.82, 2.24) is 0 Å². The lowest BCUT2D eigenvalue weighted by Gasteiger charge is -2.10. The van der Waals surface area contributed by atoms with Gasteiger partial charge < -0.3 is 9.15 Å². The highest BCUT2D eigenvalue weighted by molar-refractivity contribution is 6.35. The molecule has 0 atom stereocenters. The van der Waals surface area contributed by atoms with E-state index in [1.165, 1.54) is 0 Å². The fourth-order valence-corrected chi connectivity index (χ4v) is 4.62. The average Bonchev–Trinajstić information content (AvgIpc) is 3.31. The summed E-state index contributed by atoms with van der Waals surface area (Å²) in [5, 5.41) is 11.3. The monoisotopic (exact) mass is 550 g/mol. The SMILES string of the molecule is Cc1ccc(-c2oc(N=Cc3ccccc3OCc3ccc(Cl)cc3Cl)c(C#N)c2-c2ccc(C)cc2)cc1. The van der Waals surface area contributed by atoms with Crippen molar-refractivity contribution >= 4 is 35.3 Å². The van der Waals surface area contributed by atoms with Crippen molar-refractivity contribution in [1.29, 1.82) is 5.26 Å². The Morgan fingerprint density at radius 2 is 1.54 bits per heavy atom. The number of furan rings is 1. The normalized spacial score (nSPS) is 11.1. The Hall–Kier alpha value is -4.30. The summed E-state index contributed by atoms with van der Waals surface area (Å²) >= 11 is 12.3. The molecule has 5 rings (SSSR count). The third-order valence-corrected chi connectivity index (χ3v) is 6.88. The second-order valence-electron chi connectivity index (χ2n) is 9.15. The number of nitrogens with zero attached hydrogens (tertiary/aromatic N) is 2. The molecule has 0 N–H and O–H groups in total. The van der Waals surface area contributed by atoms with Gasteiger partial charge in [-0.25, -0.2) is 4.99 Å². The molecule has 192 valence electrons. The van der Waals surface area contributed by atoms with Crippen molar-refractivity contribution in [3.05, 3.63) is 129 Å². The van der Waals surface area contributed by atoms with E-state index in [4.69, 9.17) is 32.4 Å². The molecule has 0 unspecified atom stereocenters. The number of para-hydroxylation sites is 1. The molecular weight excluding hydrogens is 527 g/mol. The van der Waals surface area contributed by atoms with Crippen LogP contribution in [0.2, 0.25) is 10.0 Å². The van der Waals surface area contributed by atoms with Crippen molar-refractivity contribution in [3.8, 4) is 34.3 Å². The first kappa shape index (κ1) is 26.3. The van der Waals surface area contributed by atoms with Gasteiger partial charge in [0.1, 0.15) is 29.7 Å². The van der Waals surface area contributed by atoms with Gasteiger partial charge in [-0.1, -0.05) is 101 Å². The molecule has 0 saturated carbocycles. The number of halogens is 2. The molecule has 5 aromatic rings. The molecule has 0 amide bonds. The molecule has 1 aromatic heterocycles. The van der Waals surface area contributed by atoms with Gasteiger partial charge in [-0.05, 0) is 43.7 Å². The van der Waals surface area contributed by atoms with Gasteiger partial charge in [0.15, 0.2) is 0 Å². The molecule has 4 nitrogen and oxygen atoms in total. The molecule has 0 aliphatic heterocycles. The van der Waals surface area contributed by atoms with Crippen LogP contribution in [0.3, 0.4) is 0 Å². The summed E-state index contributed by atoms with van der Waals surface area (Å²) in [4.78, 5) is 4.62. The molecule has 0 spiro atoms. The fourth-order valence-electron chi connectivity index (χ4n) is 4.16. The van der Waals surface area contributed by atoms with Gasteiger partial charge in [-0.3, -0.25) is 0 Å². The maximum atomic E-state index is 10.2. The first-order valence-corrected chi connectivity index (χ1v) is 13.1. The minimum absolute atomic E-state index is 0.235. The van der Waals surface area contributed by atoms with Crippen molar-refractivity contribution in [2.75, 3.05) is 0 Å². The van der Waals surface area contributed by atoms with E-state index >= 15 is 0 Å². The quantitative estimate of drug-likeness (QED) is 0.189. The minimum Gasteiger partial charge on any atom is -0.488 e. The predicted octanol–water partition coefficient (Wildman–Crippen LogP) is 9.74. The van der Waals surface area contributed by atoms with Crippen LogP contribution in [0.15, 0.2) is 100 Å². The zero-order chi connectivity index (χ0) is 27.4. The van der Waals surface area contributed by atoms with Crippen LogP contribution in [0.5, 0.6) is 5.75 Å². The highest BCUT2D eigenvalue weighted by Crippen LogP contribution is 2.42. The van der Waals surface area contributed by atoms with Crippen LogP contribution in [0, 0.1) is 25.2 Å². The van der Waals surface area contributed by atoms with Crippen LogP contribution in [0.4, 0.5) is 5.88 Å². The molecule has 0 radical (unpaired) electrons. The molecule has 6 heteroatoms. The van der Waals surface area contributed by atoms with Crippen molar-refractivity contribution in [2.45, 2.75) is 20.5 Å². The van der Waals surface area contributed by atoms with E-state index in [1.807, 2.05) is 92.7 Å². The smallest absolute Gasteiger partial charge is 0.238 e. The summed E-state index contributed by atoms with van der Waals surface area (Å²) in [7, 11) is 0. The molecule has 0 saturated heterocycles. The van der Waals surface area contributed by atoms with Gasteiger partial charge in [-0.2, -0.15) is 5.26 Å². The van der Waals surface area contributed by atoms with E-state index in [1.54, 1.807) is 18.3 Å². The van der Waals surface area contributed by atoms with E-state index in [0.29, 0.717) is 27.1 Å². The van der Waals surface area contributed by atoms with Gasteiger partial charge in [0.2, 0.25) is 5.88 Å². The van der Waals surface area contributed by atoms with Gasteiger partial charge in [-0.15, -0.1) is 0 Å². The molecule has 0 fully saturated rings. The molecular formula is C33H24Cl2N2O2. The lowest BCUT2D eigenvalue weighted by molar-refractivity contribution is 0.306. The maximum Gasteiger partial charge on any atom is 0.238 e. The largest absolute Gasteiger partial charge is 0.488 e. The summed E-state index contributed by atoms with van der Waals surface area (Å²) in [6.07, 6.45) is 1.65. The lowest BCUT2D eigenvalue weighted by Crippen LogP contribution is -1.99. The third kappa shape index (κ3) is 5.91. The molecule has 4 aromatic carbocycles. The van der Waals surface area contributed by atoms with Gasteiger partial charge in [0.05, 0.1) is 0 Å².